The van der Waals surface area contributed by atoms with Crippen molar-refractivity contribution in [2.45, 2.75) is 4.90 Å². The molecule has 0 saturated carbocycles. The molecule has 2 aromatic carbocycles. The van der Waals surface area contributed by atoms with Crippen LogP contribution >= 0.6 is 67.8 Å². The van der Waals surface area contributed by atoms with Crippen LogP contribution in [-0.4, -0.2) is 18.9 Å². The van der Waals surface area contributed by atoms with E-state index in [0.29, 0.717) is 5.56 Å². The van der Waals surface area contributed by atoms with Gasteiger partial charge in [0, 0.05) is 10.7 Å². The van der Waals surface area contributed by atoms with Gasteiger partial charge in [-0.25, -0.2) is 13.2 Å². The lowest BCUT2D eigenvalue weighted by Crippen LogP contribution is -2.10. The van der Waals surface area contributed by atoms with Crippen LogP contribution < -0.4 is 4.74 Å². The molecule has 0 spiro atoms. The molecule has 0 unspecified atom stereocenters. The van der Waals surface area contributed by atoms with Gasteiger partial charge >= 0.3 is 5.97 Å². The fraction of sp³-hybridized carbons (Fsp3) is 0. The summed E-state index contributed by atoms with van der Waals surface area (Å²) in [6.45, 7) is 0. The number of carbonyl (C=O) groups excluding carboxylic acids is 1. The van der Waals surface area contributed by atoms with Gasteiger partial charge in [-0.2, -0.15) is 0 Å². The molecule has 22 heavy (non-hydrogen) atoms. The van der Waals surface area contributed by atoms with E-state index in [2.05, 4.69) is 67.8 Å². The zero-order valence-corrected chi connectivity index (χ0v) is 17.8. The number of halogens is 3. The Morgan fingerprint density at radius 1 is 1.00 bits per heavy atom. The number of carbonyl (C=O) groups is 1. The average molecular weight is 655 g/mol. The molecule has 0 aromatic heterocycles. The second-order valence-corrected chi connectivity index (χ2v) is 8.85. The summed E-state index contributed by atoms with van der Waals surface area (Å²) in [5.74, 6) is -0.383. The summed E-state index contributed by atoms with van der Waals surface area (Å²) in [4.78, 5) is 11.7. The van der Waals surface area contributed by atoms with Crippen LogP contribution in [0.25, 0.3) is 0 Å². The highest BCUT2D eigenvalue weighted by atomic mass is 127. The fourth-order valence-corrected chi connectivity index (χ4v) is 4.06. The maximum atomic E-state index is 12.1. The fourth-order valence-electron chi connectivity index (χ4n) is 1.51. The lowest BCUT2D eigenvalue weighted by Gasteiger charge is -2.09. The number of rotatable bonds is 3. The van der Waals surface area contributed by atoms with Crippen molar-refractivity contribution in [3.63, 3.8) is 0 Å². The minimum Gasteiger partial charge on any atom is -0.744 e. The Morgan fingerprint density at radius 2 is 1.50 bits per heavy atom. The first kappa shape index (κ1) is 18.4. The summed E-state index contributed by atoms with van der Waals surface area (Å²) >= 11 is 6.45. The third-order valence-electron chi connectivity index (χ3n) is 2.54. The first-order chi connectivity index (χ1) is 10.2. The Hall–Kier alpha value is 0.0100. The van der Waals surface area contributed by atoms with E-state index in [4.69, 9.17) is 4.74 Å². The Morgan fingerprint density at radius 3 is 1.95 bits per heavy atom. The monoisotopic (exact) mass is 655 g/mol. The van der Waals surface area contributed by atoms with Crippen molar-refractivity contribution in [2.75, 3.05) is 0 Å². The van der Waals surface area contributed by atoms with Crippen LogP contribution in [0, 0.1) is 10.7 Å². The second-order valence-electron chi connectivity index (χ2n) is 4.07. The molecule has 0 radical (unpaired) electrons. The number of hydrogen-bond donors (Lipinski definition) is 0. The van der Waals surface area contributed by atoms with Crippen LogP contribution in [-0.2, 0) is 10.1 Å². The van der Waals surface area contributed by atoms with Gasteiger partial charge in [-0.3, -0.25) is 0 Å². The van der Waals surface area contributed by atoms with Gasteiger partial charge < -0.3 is 9.29 Å². The predicted molar refractivity (Wildman–Crippen MR) is 104 cm³/mol. The lowest BCUT2D eigenvalue weighted by molar-refractivity contribution is 0.0734. The van der Waals surface area contributed by atoms with Crippen molar-refractivity contribution in [1.82, 2.24) is 0 Å². The van der Waals surface area contributed by atoms with Crippen LogP contribution in [0.5, 0.6) is 5.75 Å². The summed E-state index contributed by atoms with van der Waals surface area (Å²) in [6, 6.07) is 8.17. The maximum Gasteiger partial charge on any atom is 0.343 e. The van der Waals surface area contributed by atoms with Crippen LogP contribution in [0.4, 0.5) is 0 Å². The van der Waals surface area contributed by atoms with Gasteiger partial charge in [0.2, 0.25) is 0 Å². The van der Waals surface area contributed by atoms with E-state index in [1.54, 1.807) is 12.1 Å². The summed E-state index contributed by atoms with van der Waals surface area (Å²) in [6.07, 6.45) is 0. The first-order valence-electron chi connectivity index (χ1n) is 5.61. The summed E-state index contributed by atoms with van der Waals surface area (Å²) in [7, 11) is -4.51. The molecular formula is C13H6I3O5S-. The SMILES string of the molecule is O=C(Oc1ccc(S(=O)(=O)[O-])cc1)c1cc(I)c(I)c(I)c1. The van der Waals surface area contributed by atoms with Gasteiger partial charge in [0.05, 0.1) is 10.5 Å². The van der Waals surface area contributed by atoms with Crippen molar-refractivity contribution >= 4 is 83.9 Å². The van der Waals surface area contributed by atoms with E-state index in [9.17, 15) is 17.8 Å². The summed E-state index contributed by atoms with van der Waals surface area (Å²) in [5.41, 5.74) is 0.398. The molecule has 0 aliphatic carbocycles. The van der Waals surface area contributed by atoms with Crippen molar-refractivity contribution in [1.29, 1.82) is 0 Å². The molecule has 0 bridgehead atoms. The average Bonchev–Trinajstić information content (AvgIpc) is 2.43. The highest BCUT2D eigenvalue weighted by Crippen LogP contribution is 2.24. The van der Waals surface area contributed by atoms with Gasteiger partial charge in [-0.1, -0.05) is 0 Å². The van der Waals surface area contributed by atoms with Crippen molar-refractivity contribution in [2.24, 2.45) is 0 Å². The van der Waals surface area contributed by atoms with Gasteiger partial charge in [-0.15, -0.1) is 0 Å². The number of benzene rings is 2. The number of esters is 1. The highest BCUT2D eigenvalue weighted by Gasteiger charge is 2.13. The molecule has 116 valence electrons. The van der Waals surface area contributed by atoms with Gasteiger partial charge in [0.15, 0.2) is 0 Å². The van der Waals surface area contributed by atoms with E-state index in [0.717, 1.165) is 22.8 Å². The lowest BCUT2D eigenvalue weighted by atomic mass is 10.2. The van der Waals surface area contributed by atoms with Crippen LogP contribution in [0.3, 0.4) is 0 Å². The predicted octanol–water partition coefficient (Wildman–Crippen LogP) is 3.62. The number of ether oxygens (including phenoxy) is 1. The van der Waals surface area contributed by atoms with Crippen LogP contribution in [0.1, 0.15) is 10.4 Å². The minimum atomic E-state index is -4.51. The third-order valence-corrected chi connectivity index (χ3v) is 8.32. The van der Waals surface area contributed by atoms with Gasteiger partial charge in [0.25, 0.3) is 0 Å². The maximum absolute atomic E-state index is 12.1. The molecular weight excluding hydrogens is 649 g/mol. The Balaban J connectivity index is 2.22. The van der Waals surface area contributed by atoms with E-state index >= 15 is 0 Å². The minimum absolute atomic E-state index is 0.168. The van der Waals surface area contributed by atoms with Crippen molar-refractivity contribution < 1.29 is 22.5 Å². The Kier molecular flexibility index (Phi) is 6.07. The third kappa shape index (κ3) is 4.52. The normalized spacial score (nSPS) is 11.3. The van der Waals surface area contributed by atoms with Gasteiger partial charge in [-0.05, 0) is 104 Å². The Bertz CT molecular complexity index is 808. The smallest absolute Gasteiger partial charge is 0.343 e. The quantitative estimate of drug-likeness (QED) is 0.166. The molecule has 2 aromatic rings. The summed E-state index contributed by atoms with van der Waals surface area (Å²) in [5, 5.41) is 0. The molecule has 0 saturated heterocycles. The van der Waals surface area contributed by atoms with E-state index in [1.165, 1.54) is 12.1 Å². The molecule has 9 heteroatoms. The molecule has 0 aliphatic heterocycles. The zero-order valence-electron chi connectivity index (χ0n) is 10.5. The zero-order chi connectivity index (χ0) is 16.5. The molecule has 0 atom stereocenters. The van der Waals surface area contributed by atoms with Gasteiger partial charge in [0.1, 0.15) is 15.9 Å². The standard InChI is InChI=1S/C13H7I3O5S/c14-10-5-7(6-11(15)12(10)16)13(17)21-8-1-3-9(4-2-8)22(18,19)20/h1-6H,(H,18,19,20)/p-1. The molecule has 0 heterocycles. The first-order valence-corrected chi connectivity index (χ1v) is 10.3. The summed E-state index contributed by atoms with van der Waals surface area (Å²) < 4.78 is 40.6. The molecule has 0 aliphatic rings. The van der Waals surface area contributed by atoms with Crippen molar-refractivity contribution in [3.05, 3.63) is 52.7 Å². The van der Waals surface area contributed by atoms with Crippen LogP contribution in [0.15, 0.2) is 41.3 Å². The van der Waals surface area contributed by atoms with E-state index in [-0.39, 0.29) is 10.6 Å². The Labute approximate surface area is 168 Å². The molecule has 2 rings (SSSR count). The molecule has 5 nitrogen and oxygen atoms in total. The van der Waals surface area contributed by atoms with E-state index < -0.39 is 16.1 Å². The second kappa shape index (κ2) is 7.27. The molecule has 0 amide bonds. The number of hydrogen-bond acceptors (Lipinski definition) is 5. The topological polar surface area (TPSA) is 83.5 Å². The van der Waals surface area contributed by atoms with Crippen molar-refractivity contribution in [3.8, 4) is 5.75 Å². The van der Waals surface area contributed by atoms with Crippen LogP contribution in [0.2, 0.25) is 0 Å². The molecule has 0 fully saturated rings. The highest BCUT2D eigenvalue weighted by molar-refractivity contribution is 14.1. The van der Waals surface area contributed by atoms with E-state index in [1.807, 2.05) is 0 Å². The largest absolute Gasteiger partial charge is 0.744 e. The molecule has 0 N–H and O–H groups in total.